The zero-order chi connectivity index (χ0) is 10.9. The number of rotatable bonds is 2. The van der Waals surface area contributed by atoms with Crippen LogP contribution in [0.2, 0.25) is 0 Å². The summed E-state index contributed by atoms with van der Waals surface area (Å²) in [7, 11) is 0. The molecule has 0 N–H and O–H groups in total. The van der Waals surface area contributed by atoms with E-state index in [9.17, 15) is 9.59 Å². The molecule has 0 aromatic carbocycles. The molecule has 0 saturated carbocycles. The van der Waals surface area contributed by atoms with Gasteiger partial charge in [-0.05, 0) is 19.8 Å². The third-order valence-electron chi connectivity index (χ3n) is 2.48. The van der Waals surface area contributed by atoms with Crippen LogP contribution in [-0.2, 0) is 9.59 Å². The molecule has 80 valence electrons. The molecule has 1 aliphatic rings. The van der Waals surface area contributed by atoms with Gasteiger partial charge in [0.15, 0.2) is 0 Å². The second-order valence-electron chi connectivity index (χ2n) is 4.64. The Kier molecular flexibility index (Phi) is 3.20. The monoisotopic (exact) mass is 217 g/mol. The number of amides is 2. The van der Waals surface area contributed by atoms with Gasteiger partial charge >= 0.3 is 0 Å². The second kappa shape index (κ2) is 3.89. The number of alkyl halides is 1. The summed E-state index contributed by atoms with van der Waals surface area (Å²) in [6.07, 6.45) is 0.476. The van der Waals surface area contributed by atoms with Gasteiger partial charge in [-0.1, -0.05) is 6.92 Å². The summed E-state index contributed by atoms with van der Waals surface area (Å²) >= 11 is 5.69. The van der Waals surface area contributed by atoms with E-state index in [0.29, 0.717) is 13.0 Å². The van der Waals surface area contributed by atoms with Crippen molar-refractivity contribution >= 4 is 23.4 Å². The van der Waals surface area contributed by atoms with E-state index in [1.807, 2.05) is 6.92 Å². The predicted octanol–water partition coefficient (Wildman–Crippen LogP) is 1.65. The van der Waals surface area contributed by atoms with Gasteiger partial charge in [0.1, 0.15) is 0 Å². The van der Waals surface area contributed by atoms with Crippen molar-refractivity contribution in [1.29, 1.82) is 0 Å². The van der Waals surface area contributed by atoms with Crippen LogP contribution in [0.4, 0.5) is 0 Å². The van der Waals surface area contributed by atoms with Crippen molar-refractivity contribution in [3.63, 3.8) is 0 Å². The van der Waals surface area contributed by atoms with Crippen LogP contribution in [-0.4, -0.2) is 29.1 Å². The molecule has 1 heterocycles. The number of halogens is 1. The highest BCUT2D eigenvalue weighted by molar-refractivity contribution is 6.20. The number of nitrogens with zero attached hydrogens (tertiary/aromatic N) is 1. The van der Waals surface area contributed by atoms with Crippen LogP contribution in [0.3, 0.4) is 0 Å². The highest BCUT2D eigenvalue weighted by atomic mass is 35.5. The van der Waals surface area contributed by atoms with Crippen LogP contribution in [0.25, 0.3) is 0 Å². The predicted molar refractivity (Wildman–Crippen MR) is 55.0 cm³/mol. The van der Waals surface area contributed by atoms with Gasteiger partial charge in [-0.25, -0.2) is 0 Å². The lowest BCUT2D eigenvalue weighted by Gasteiger charge is -2.25. The first-order chi connectivity index (χ1) is 6.38. The summed E-state index contributed by atoms with van der Waals surface area (Å²) in [6, 6.07) is 0. The van der Waals surface area contributed by atoms with Crippen molar-refractivity contribution in [3.05, 3.63) is 0 Å². The van der Waals surface area contributed by atoms with Crippen LogP contribution in [0, 0.1) is 11.3 Å². The lowest BCUT2D eigenvalue weighted by atomic mass is 9.94. The third kappa shape index (κ3) is 2.08. The molecule has 1 rings (SSSR count). The Morgan fingerprint density at radius 1 is 1.64 bits per heavy atom. The molecule has 0 spiro atoms. The van der Waals surface area contributed by atoms with E-state index in [0.717, 1.165) is 0 Å². The summed E-state index contributed by atoms with van der Waals surface area (Å²) in [6.45, 7) is 6.04. The van der Waals surface area contributed by atoms with E-state index in [2.05, 4.69) is 0 Å². The first kappa shape index (κ1) is 11.5. The number of hydrogen-bond donors (Lipinski definition) is 0. The van der Waals surface area contributed by atoms with Crippen molar-refractivity contribution in [2.75, 3.05) is 12.4 Å². The van der Waals surface area contributed by atoms with Crippen LogP contribution in [0.1, 0.15) is 27.2 Å². The standard InChI is InChI=1S/C10H16ClNO2/c1-7-4-8(13)12(5-7)9(14)10(2,3)6-11/h7H,4-6H2,1-3H3. The van der Waals surface area contributed by atoms with Crippen molar-refractivity contribution in [2.24, 2.45) is 11.3 Å². The fourth-order valence-corrected chi connectivity index (χ4v) is 1.62. The number of carbonyl (C=O) groups excluding carboxylic acids is 2. The molecule has 0 aromatic heterocycles. The lowest BCUT2D eigenvalue weighted by molar-refractivity contribution is -0.147. The van der Waals surface area contributed by atoms with Gasteiger partial charge in [0.25, 0.3) is 0 Å². The Labute approximate surface area is 89.4 Å². The largest absolute Gasteiger partial charge is 0.282 e. The van der Waals surface area contributed by atoms with Gasteiger partial charge in [0, 0.05) is 18.8 Å². The first-order valence-corrected chi connectivity index (χ1v) is 5.32. The molecule has 1 unspecified atom stereocenters. The van der Waals surface area contributed by atoms with Crippen LogP contribution in [0.15, 0.2) is 0 Å². The minimum atomic E-state index is -0.638. The molecular weight excluding hydrogens is 202 g/mol. The molecule has 4 heteroatoms. The SMILES string of the molecule is CC1CC(=O)N(C(=O)C(C)(C)CCl)C1. The van der Waals surface area contributed by atoms with Crippen LogP contribution >= 0.6 is 11.6 Å². The molecule has 1 atom stereocenters. The van der Waals surface area contributed by atoms with Gasteiger partial charge in [-0.3, -0.25) is 14.5 Å². The highest BCUT2D eigenvalue weighted by Gasteiger charge is 2.38. The van der Waals surface area contributed by atoms with E-state index in [4.69, 9.17) is 11.6 Å². The normalized spacial score (nSPS) is 23.0. The van der Waals surface area contributed by atoms with Crippen molar-refractivity contribution in [3.8, 4) is 0 Å². The molecular formula is C10H16ClNO2. The van der Waals surface area contributed by atoms with Gasteiger partial charge < -0.3 is 0 Å². The number of carbonyl (C=O) groups is 2. The zero-order valence-corrected chi connectivity index (χ0v) is 9.60. The van der Waals surface area contributed by atoms with Crippen molar-refractivity contribution in [2.45, 2.75) is 27.2 Å². The molecule has 1 saturated heterocycles. The fraction of sp³-hybridized carbons (Fsp3) is 0.800. The van der Waals surface area contributed by atoms with Gasteiger partial charge in [0.2, 0.25) is 11.8 Å². The maximum Gasteiger partial charge on any atom is 0.236 e. The Balaban J connectivity index is 2.76. The molecule has 2 amide bonds. The molecule has 0 bridgehead atoms. The Hall–Kier alpha value is -0.570. The average molecular weight is 218 g/mol. The van der Waals surface area contributed by atoms with Crippen molar-refractivity contribution < 1.29 is 9.59 Å². The minimum Gasteiger partial charge on any atom is -0.282 e. The number of hydrogen-bond acceptors (Lipinski definition) is 2. The van der Waals surface area contributed by atoms with E-state index in [1.165, 1.54) is 4.90 Å². The molecule has 0 radical (unpaired) electrons. The number of likely N-dealkylation sites (tertiary alicyclic amines) is 1. The quantitative estimate of drug-likeness (QED) is 0.660. The van der Waals surface area contributed by atoms with Gasteiger partial charge in [0.05, 0.1) is 5.41 Å². The Morgan fingerprint density at radius 3 is 2.57 bits per heavy atom. The van der Waals surface area contributed by atoms with Crippen LogP contribution < -0.4 is 0 Å². The summed E-state index contributed by atoms with van der Waals surface area (Å²) in [5.41, 5.74) is -0.638. The second-order valence-corrected chi connectivity index (χ2v) is 4.90. The average Bonchev–Trinajstić information content (AvgIpc) is 2.44. The van der Waals surface area contributed by atoms with E-state index < -0.39 is 5.41 Å². The summed E-state index contributed by atoms with van der Waals surface area (Å²) < 4.78 is 0. The number of imide groups is 1. The smallest absolute Gasteiger partial charge is 0.236 e. The summed E-state index contributed by atoms with van der Waals surface area (Å²) in [4.78, 5) is 24.7. The van der Waals surface area contributed by atoms with Crippen LogP contribution in [0.5, 0.6) is 0 Å². The Morgan fingerprint density at radius 2 is 2.21 bits per heavy atom. The Bertz CT molecular complexity index is 263. The van der Waals surface area contributed by atoms with Gasteiger partial charge in [-0.15, -0.1) is 11.6 Å². The molecule has 1 fully saturated rings. The summed E-state index contributed by atoms with van der Waals surface area (Å²) in [5.74, 6) is 0.296. The van der Waals surface area contributed by atoms with E-state index >= 15 is 0 Å². The topological polar surface area (TPSA) is 37.4 Å². The van der Waals surface area contributed by atoms with E-state index in [-0.39, 0.29) is 23.6 Å². The minimum absolute atomic E-state index is 0.0688. The molecule has 14 heavy (non-hydrogen) atoms. The maximum absolute atomic E-state index is 11.9. The first-order valence-electron chi connectivity index (χ1n) is 4.79. The van der Waals surface area contributed by atoms with Crippen molar-refractivity contribution in [1.82, 2.24) is 4.90 Å². The molecule has 0 aliphatic carbocycles. The zero-order valence-electron chi connectivity index (χ0n) is 8.84. The molecule has 3 nitrogen and oxygen atoms in total. The summed E-state index contributed by atoms with van der Waals surface area (Å²) in [5, 5.41) is 0. The lowest BCUT2D eigenvalue weighted by Crippen LogP contribution is -2.42. The molecule has 1 aliphatic heterocycles. The fourth-order valence-electron chi connectivity index (χ4n) is 1.51. The highest BCUT2D eigenvalue weighted by Crippen LogP contribution is 2.26. The molecule has 0 aromatic rings. The third-order valence-corrected chi connectivity index (χ3v) is 3.14. The van der Waals surface area contributed by atoms with Gasteiger partial charge in [-0.2, -0.15) is 0 Å². The van der Waals surface area contributed by atoms with E-state index in [1.54, 1.807) is 13.8 Å². The maximum atomic E-state index is 11.9.